The zero-order valence-electron chi connectivity index (χ0n) is 15.2. The highest BCUT2D eigenvalue weighted by atomic mass is 32.2. The Kier molecular flexibility index (Phi) is 5.67. The van der Waals surface area contributed by atoms with Crippen molar-refractivity contribution in [3.63, 3.8) is 0 Å². The monoisotopic (exact) mass is 382 g/mol. The Bertz CT molecular complexity index is 741. The number of hydrogen-bond donors (Lipinski definition) is 1. The first kappa shape index (κ1) is 19.3. The molecular weight excluding hydrogens is 356 g/mol. The van der Waals surface area contributed by atoms with E-state index in [4.69, 9.17) is 9.47 Å². The summed E-state index contributed by atoms with van der Waals surface area (Å²) >= 11 is 0. The molecule has 0 unspecified atom stereocenters. The van der Waals surface area contributed by atoms with Crippen LogP contribution in [-0.4, -0.2) is 64.2 Å². The van der Waals surface area contributed by atoms with Crippen LogP contribution in [0.25, 0.3) is 0 Å². The van der Waals surface area contributed by atoms with Crippen LogP contribution < -0.4 is 5.32 Å². The molecule has 1 amide bonds. The molecule has 2 heterocycles. The van der Waals surface area contributed by atoms with Crippen LogP contribution in [0.1, 0.15) is 18.4 Å². The smallest absolute Gasteiger partial charge is 0.245 e. The Labute approximate surface area is 154 Å². The Hall–Kier alpha value is -1.48. The number of rotatable bonds is 7. The number of methoxy groups -OCH3 is 1. The number of ether oxygens (including phenoxy) is 2. The summed E-state index contributed by atoms with van der Waals surface area (Å²) in [4.78, 5) is 11.8. The molecule has 0 saturated carbocycles. The van der Waals surface area contributed by atoms with Gasteiger partial charge >= 0.3 is 0 Å². The van der Waals surface area contributed by atoms with E-state index in [1.807, 2.05) is 6.92 Å². The molecule has 1 N–H and O–H groups in total. The van der Waals surface area contributed by atoms with Gasteiger partial charge in [0.1, 0.15) is 6.61 Å². The van der Waals surface area contributed by atoms with E-state index in [0.29, 0.717) is 31.1 Å². The Morgan fingerprint density at radius 3 is 2.69 bits per heavy atom. The second kappa shape index (κ2) is 7.64. The summed E-state index contributed by atoms with van der Waals surface area (Å²) in [6, 6.07) is 6.90. The van der Waals surface area contributed by atoms with Crippen LogP contribution in [0.2, 0.25) is 0 Å². The van der Waals surface area contributed by atoms with Gasteiger partial charge in [-0.15, -0.1) is 0 Å². The zero-order chi connectivity index (χ0) is 18.8. The third-order valence-electron chi connectivity index (χ3n) is 5.24. The van der Waals surface area contributed by atoms with Crippen molar-refractivity contribution in [3.8, 4) is 0 Å². The maximum absolute atomic E-state index is 12.7. The molecule has 0 bridgehead atoms. The van der Waals surface area contributed by atoms with Crippen LogP contribution >= 0.6 is 0 Å². The Morgan fingerprint density at radius 2 is 2.04 bits per heavy atom. The lowest BCUT2D eigenvalue weighted by molar-refractivity contribution is -0.125. The van der Waals surface area contributed by atoms with Crippen LogP contribution in [0.5, 0.6) is 0 Å². The van der Waals surface area contributed by atoms with Gasteiger partial charge in [-0.05, 0) is 37.8 Å². The molecule has 0 aromatic heterocycles. The third-order valence-corrected chi connectivity index (χ3v) is 7.04. The van der Waals surface area contributed by atoms with Crippen molar-refractivity contribution < 1.29 is 22.7 Å². The predicted molar refractivity (Wildman–Crippen MR) is 96.2 cm³/mol. The largest absolute Gasteiger partial charge is 0.375 e. The third kappa shape index (κ3) is 3.78. The zero-order valence-corrected chi connectivity index (χ0v) is 16.0. The first-order chi connectivity index (χ1) is 12.4. The van der Waals surface area contributed by atoms with Crippen LogP contribution in [-0.2, 0) is 24.3 Å². The summed E-state index contributed by atoms with van der Waals surface area (Å²) in [6.45, 7) is 3.91. The van der Waals surface area contributed by atoms with Gasteiger partial charge in [-0.2, -0.15) is 4.31 Å². The molecule has 1 atom stereocenters. The first-order valence-corrected chi connectivity index (χ1v) is 10.3. The first-order valence-electron chi connectivity index (χ1n) is 8.84. The summed E-state index contributed by atoms with van der Waals surface area (Å²) in [7, 11) is -2.00. The highest BCUT2D eigenvalue weighted by Crippen LogP contribution is 2.43. The van der Waals surface area contributed by atoms with Gasteiger partial charge in [0.05, 0.1) is 10.5 Å². The summed E-state index contributed by atoms with van der Waals surface area (Å²) in [5, 5.41) is 2.82. The van der Waals surface area contributed by atoms with E-state index in [0.717, 1.165) is 18.4 Å². The van der Waals surface area contributed by atoms with E-state index >= 15 is 0 Å². The van der Waals surface area contributed by atoms with E-state index in [2.05, 4.69) is 5.32 Å². The molecule has 0 aliphatic carbocycles. The lowest BCUT2D eigenvalue weighted by Crippen LogP contribution is -2.66. The molecule has 2 saturated heterocycles. The highest BCUT2D eigenvalue weighted by Gasteiger charge is 2.56. The number of sulfonamides is 1. The highest BCUT2D eigenvalue weighted by molar-refractivity contribution is 7.89. The molecule has 7 nitrogen and oxygen atoms in total. The topological polar surface area (TPSA) is 84.9 Å². The molecule has 1 aromatic carbocycles. The fraction of sp³-hybridized carbons (Fsp3) is 0.611. The maximum Gasteiger partial charge on any atom is 0.245 e. The Balaban J connectivity index is 1.57. The fourth-order valence-electron chi connectivity index (χ4n) is 3.69. The van der Waals surface area contributed by atoms with Gasteiger partial charge in [0.15, 0.2) is 0 Å². The van der Waals surface area contributed by atoms with E-state index in [1.165, 1.54) is 11.4 Å². The van der Waals surface area contributed by atoms with E-state index in [1.54, 1.807) is 24.3 Å². The summed E-state index contributed by atoms with van der Waals surface area (Å²) in [6.07, 6.45) is 1.66. The van der Waals surface area contributed by atoms with Gasteiger partial charge in [-0.1, -0.05) is 17.7 Å². The van der Waals surface area contributed by atoms with Crippen molar-refractivity contribution in [2.45, 2.75) is 30.3 Å². The molecule has 8 heteroatoms. The van der Waals surface area contributed by atoms with Crippen molar-refractivity contribution in [2.75, 3.05) is 40.0 Å². The van der Waals surface area contributed by atoms with Gasteiger partial charge in [0, 0.05) is 33.4 Å². The molecule has 2 aliphatic rings. The summed E-state index contributed by atoms with van der Waals surface area (Å²) < 4.78 is 37.7. The molecule has 3 rings (SSSR count). The van der Waals surface area contributed by atoms with Crippen molar-refractivity contribution in [1.29, 1.82) is 0 Å². The maximum atomic E-state index is 12.7. The normalized spacial score (nSPS) is 22.3. The van der Waals surface area contributed by atoms with Crippen LogP contribution in [0.3, 0.4) is 0 Å². The number of amides is 1. The van der Waals surface area contributed by atoms with Crippen molar-refractivity contribution >= 4 is 15.9 Å². The van der Waals surface area contributed by atoms with Gasteiger partial charge < -0.3 is 14.8 Å². The molecule has 1 spiro atoms. The van der Waals surface area contributed by atoms with Crippen molar-refractivity contribution in [1.82, 2.24) is 9.62 Å². The number of carbonyl (C=O) groups excluding carboxylic acids is 1. The second-order valence-electron chi connectivity index (χ2n) is 7.06. The van der Waals surface area contributed by atoms with E-state index in [9.17, 15) is 13.2 Å². The molecule has 2 fully saturated rings. The van der Waals surface area contributed by atoms with Gasteiger partial charge in [0.2, 0.25) is 15.9 Å². The van der Waals surface area contributed by atoms with Gasteiger partial charge in [0.25, 0.3) is 0 Å². The minimum absolute atomic E-state index is 0.0505. The molecule has 1 aromatic rings. The molecule has 26 heavy (non-hydrogen) atoms. The number of nitrogens with zero attached hydrogens (tertiary/aromatic N) is 1. The fourth-order valence-corrected chi connectivity index (χ4v) is 5.25. The summed E-state index contributed by atoms with van der Waals surface area (Å²) in [5.74, 6) is 0.104. The number of aryl methyl sites for hydroxylation is 1. The van der Waals surface area contributed by atoms with Crippen LogP contribution in [0, 0.1) is 12.8 Å². The quantitative estimate of drug-likeness (QED) is 0.758. The Morgan fingerprint density at radius 1 is 1.35 bits per heavy atom. The molecule has 144 valence electrons. The van der Waals surface area contributed by atoms with Gasteiger partial charge in [-0.3, -0.25) is 4.79 Å². The lowest BCUT2D eigenvalue weighted by atomic mass is 9.80. The number of hydrogen-bond acceptors (Lipinski definition) is 5. The second-order valence-corrected chi connectivity index (χ2v) is 8.99. The minimum atomic E-state index is -3.48. The van der Waals surface area contributed by atoms with Crippen LogP contribution in [0.15, 0.2) is 29.2 Å². The SMILES string of the molecule is COCC(=O)NCC[C@@H]1CCOC12CN(S(=O)(=O)c1ccc(C)cc1)C2. The predicted octanol–water partition coefficient (Wildman–Crippen LogP) is 0.927. The lowest BCUT2D eigenvalue weighted by Gasteiger charge is -2.49. The van der Waals surface area contributed by atoms with Crippen molar-refractivity contribution in [2.24, 2.45) is 5.92 Å². The average Bonchev–Trinajstić information content (AvgIpc) is 2.98. The summed E-state index contributed by atoms with van der Waals surface area (Å²) in [5.41, 5.74) is 0.614. The number of nitrogens with one attached hydrogen (secondary N) is 1. The van der Waals surface area contributed by atoms with Crippen molar-refractivity contribution in [3.05, 3.63) is 29.8 Å². The molecule has 2 aliphatic heterocycles. The van der Waals surface area contributed by atoms with E-state index in [-0.39, 0.29) is 18.4 Å². The standard InChI is InChI=1S/C18H26N2O5S/c1-14-3-5-16(6-4-14)26(22,23)20-12-18(13-20)15(8-10-25-18)7-9-19-17(21)11-24-2/h3-6,15H,7-13H2,1-2H3,(H,19,21)/t15-/m1/s1. The molecular formula is C18H26N2O5S. The number of benzene rings is 1. The average molecular weight is 382 g/mol. The van der Waals surface area contributed by atoms with E-state index < -0.39 is 15.6 Å². The van der Waals surface area contributed by atoms with Gasteiger partial charge in [-0.25, -0.2) is 8.42 Å². The van der Waals surface area contributed by atoms with Crippen LogP contribution in [0.4, 0.5) is 0 Å². The number of carbonyl (C=O) groups is 1. The molecule has 0 radical (unpaired) electrons. The minimum Gasteiger partial charge on any atom is -0.375 e.